The first-order valence-electron chi connectivity index (χ1n) is 37.2. The molecule has 0 aliphatic heterocycles. The van der Waals surface area contributed by atoms with Crippen LogP contribution in [0.15, 0.2) is 0 Å². The van der Waals surface area contributed by atoms with E-state index in [2.05, 4.69) is 55.4 Å². The van der Waals surface area contributed by atoms with E-state index in [9.17, 15) is 43.2 Å². The minimum absolute atomic E-state index is 0.105. The Morgan fingerprint density at radius 2 is 0.462 bits per heavy atom. The van der Waals surface area contributed by atoms with Crippen molar-refractivity contribution in [3.05, 3.63) is 0 Å². The number of hydrogen-bond donors (Lipinski definition) is 3. The van der Waals surface area contributed by atoms with Crippen LogP contribution in [0.4, 0.5) is 0 Å². The average molecular weight is 1340 g/mol. The normalized spacial score (nSPS) is 14.2. The van der Waals surface area contributed by atoms with Crippen LogP contribution in [-0.4, -0.2) is 96.7 Å². The summed E-state index contributed by atoms with van der Waals surface area (Å²) in [5, 5.41) is 10.6. The summed E-state index contributed by atoms with van der Waals surface area (Å²) in [7, 11) is -9.91. The third-order valence-corrected chi connectivity index (χ3v) is 18.5. The molecule has 540 valence electrons. The van der Waals surface area contributed by atoms with Crippen LogP contribution in [0.1, 0.15) is 357 Å². The lowest BCUT2D eigenvalue weighted by atomic mass is 10.0. The van der Waals surface area contributed by atoms with Crippen molar-refractivity contribution in [1.29, 1.82) is 0 Å². The van der Waals surface area contributed by atoms with Gasteiger partial charge < -0.3 is 33.8 Å². The van der Waals surface area contributed by atoms with Crippen LogP contribution in [0.3, 0.4) is 0 Å². The first-order chi connectivity index (χ1) is 43.6. The Morgan fingerprint density at radius 3 is 0.681 bits per heavy atom. The van der Waals surface area contributed by atoms with Crippen LogP contribution in [0, 0.1) is 23.7 Å². The lowest BCUT2D eigenvalue weighted by Gasteiger charge is -2.21. The first kappa shape index (κ1) is 89.1. The standard InChI is InChI=1S/C72H140O17P2/c1-62(2)48-40-32-24-17-12-10-9-11-13-20-28-36-44-52-69(74)82-58-67(89-72(77)55-47-39-30-22-16-19-26-34-42-50-64(5)6)60-86-90(78,79)84-56-66(73)57-85-91(80,81)87-61-68(59-83-70(75)53-45-37-31-23-27-35-43-51-65(7)8)88-71(76)54-46-38-29-21-15-14-18-25-33-41-49-63(3)4/h62-68,73H,9-61H2,1-8H3,(H,78,79)(H,80,81)/t66?,67-,68-/m1/s1. The fourth-order valence-corrected chi connectivity index (χ4v) is 12.4. The van der Waals surface area contributed by atoms with E-state index in [1.54, 1.807) is 0 Å². The number of rotatable bonds is 69. The predicted molar refractivity (Wildman–Crippen MR) is 367 cm³/mol. The number of carbonyl (C=O) groups excluding carboxylic acids is 4. The predicted octanol–water partition coefficient (Wildman–Crippen LogP) is 20.5. The molecule has 0 aromatic heterocycles. The molecule has 0 aromatic carbocycles. The smallest absolute Gasteiger partial charge is 0.462 e. The van der Waals surface area contributed by atoms with Gasteiger partial charge in [0.1, 0.15) is 19.3 Å². The highest BCUT2D eigenvalue weighted by atomic mass is 31.2. The molecule has 0 aliphatic carbocycles. The number of phosphoric acid groups is 2. The number of phosphoric ester groups is 2. The number of carbonyl (C=O) groups is 4. The van der Waals surface area contributed by atoms with Crippen molar-refractivity contribution in [2.45, 2.75) is 375 Å². The van der Waals surface area contributed by atoms with Crippen LogP contribution >= 0.6 is 15.6 Å². The monoisotopic (exact) mass is 1340 g/mol. The molecule has 0 aromatic rings. The van der Waals surface area contributed by atoms with Gasteiger partial charge in [-0.2, -0.15) is 0 Å². The lowest BCUT2D eigenvalue weighted by molar-refractivity contribution is -0.161. The van der Waals surface area contributed by atoms with E-state index in [4.69, 9.17) is 37.0 Å². The van der Waals surface area contributed by atoms with E-state index in [1.807, 2.05) is 0 Å². The van der Waals surface area contributed by atoms with Crippen molar-refractivity contribution in [2.24, 2.45) is 23.7 Å². The maximum Gasteiger partial charge on any atom is 0.472 e. The summed E-state index contributed by atoms with van der Waals surface area (Å²) >= 11 is 0. The summed E-state index contributed by atoms with van der Waals surface area (Å²) < 4.78 is 68.4. The van der Waals surface area contributed by atoms with Gasteiger partial charge in [0.2, 0.25) is 0 Å². The van der Waals surface area contributed by atoms with Crippen molar-refractivity contribution < 1.29 is 80.2 Å². The largest absolute Gasteiger partial charge is 0.472 e. The molecule has 0 bridgehead atoms. The summed E-state index contributed by atoms with van der Waals surface area (Å²) in [6.45, 7) is 14.1. The number of esters is 4. The SMILES string of the molecule is CC(C)CCCCCCCCCCCCCCCC(=O)OC[C@H](COP(=O)(O)OCC(O)COP(=O)(O)OC[C@@H](COC(=O)CCCCCCCCCC(C)C)OC(=O)CCCCCCCCCCCCC(C)C)OC(=O)CCCCCCCCCCCC(C)C. The molecule has 0 heterocycles. The van der Waals surface area contributed by atoms with Crippen molar-refractivity contribution in [2.75, 3.05) is 39.6 Å². The van der Waals surface area contributed by atoms with Gasteiger partial charge in [0.15, 0.2) is 12.2 Å². The number of aliphatic hydroxyl groups excluding tert-OH is 1. The molecule has 0 saturated heterocycles. The number of unbranched alkanes of at least 4 members (excludes halogenated alkanes) is 35. The average Bonchev–Trinajstić information content (AvgIpc) is 2.84. The van der Waals surface area contributed by atoms with Gasteiger partial charge in [-0.25, -0.2) is 9.13 Å². The fraction of sp³-hybridized carbons (Fsp3) is 0.944. The summed E-state index contributed by atoms with van der Waals surface area (Å²) in [6.07, 6.45) is 44.5. The maximum absolute atomic E-state index is 13.0. The van der Waals surface area contributed by atoms with Gasteiger partial charge in [0.05, 0.1) is 26.4 Å². The Hall–Kier alpha value is -1.94. The molecule has 0 spiro atoms. The Balaban J connectivity index is 5.24. The molecule has 17 nitrogen and oxygen atoms in total. The second kappa shape index (κ2) is 61.6. The molecular weight excluding hydrogens is 1200 g/mol. The molecule has 91 heavy (non-hydrogen) atoms. The van der Waals surface area contributed by atoms with Crippen LogP contribution in [0.25, 0.3) is 0 Å². The Bertz CT molecular complexity index is 1800. The minimum atomic E-state index is -4.95. The molecule has 5 atom stereocenters. The van der Waals surface area contributed by atoms with E-state index in [0.29, 0.717) is 31.6 Å². The third-order valence-electron chi connectivity index (χ3n) is 16.6. The molecule has 0 aliphatic rings. The number of hydrogen-bond acceptors (Lipinski definition) is 15. The van der Waals surface area contributed by atoms with Gasteiger partial charge in [-0.1, -0.05) is 306 Å². The van der Waals surface area contributed by atoms with E-state index >= 15 is 0 Å². The third kappa shape index (κ3) is 66.5. The first-order valence-corrected chi connectivity index (χ1v) is 40.2. The van der Waals surface area contributed by atoms with E-state index in [0.717, 1.165) is 114 Å². The second-order valence-electron chi connectivity index (χ2n) is 27.9. The minimum Gasteiger partial charge on any atom is -0.462 e. The zero-order valence-corrected chi connectivity index (χ0v) is 61.3. The molecule has 0 radical (unpaired) electrons. The molecule has 0 fully saturated rings. The van der Waals surface area contributed by atoms with Gasteiger partial charge in [-0.3, -0.25) is 37.3 Å². The van der Waals surface area contributed by atoms with Gasteiger partial charge in [-0.05, 0) is 49.4 Å². The zero-order valence-electron chi connectivity index (χ0n) is 59.5. The number of ether oxygens (including phenoxy) is 4. The number of aliphatic hydroxyl groups is 1. The van der Waals surface area contributed by atoms with Gasteiger partial charge in [0.25, 0.3) is 0 Å². The van der Waals surface area contributed by atoms with Gasteiger partial charge >= 0.3 is 39.5 Å². The van der Waals surface area contributed by atoms with Crippen molar-refractivity contribution >= 4 is 39.5 Å². The molecule has 3 N–H and O–H groups in total. The van der Waals surface area contributed by atoms with Crippen molar-refractivity contribution in [3.63, 3.8) is 0 Å². The highest BCUT2D eigenvalue weighted by molar-refractivity contribution is 7.47. The van der Waals surface area contributed by atoms with Crippen LogP contribution in [-0.2, 0) is 65.4 Å². The molecule has 19 heteroatoms. The van der Waals surface area contributed by atoms with Crippen molar-refractivity contribution in [3.8, 4) is 0 Å². The molecule has 3 unspecified atom stereocenters. The Kier molecular flexibility index (Phi) is 60.3. The van der Waals surface area contributed by atoms with Gasteiger partial charge in [-0.15, -0.1) is 0 Å². The van der Waals surface area contributed by atoms with Crippen LogP contribution < -0.4 is 0 Å². The van der Waals surface area contributed by atoms with Crippen molar-refractivity contribution in [1.82, 2.24) is 0 Å². The summed E-state index contributed by atoms with van der Waals surface area (Å²) in [6, 6.07) is 0. The topological polar surface area (TPSA) is 237 Å². The molecule has 0 saturated carbocycles. The summed E-state index contributed by atoms with van der Waals surface area (Å²) in [5.74, 6) is 0.857. The summed E-state index contributed by atoms with van der Waals surface area (Å²) in [4.78, 5) is 72.6. The lowest BCUT2D eigenvalue weighted by Crippen LogP contribution is -2.30. The quantitative estimate of drug-likeness (QED) is 0.0222. The molecular formula is C72H140O17P2. The second-order valence-corrected chi connectivity index (χ2v) is 30.8. The fourth-order valence-electron chi connectivity index (χ4n) is 10.8. The van der Waals surface area contributed by atoms with E-state index < -0.39 is 97.5 Å². The molecule has 0 rings (SSSR count). The molecule has 0 amide bonds. The highest BCUT2D eigenvalue weighted by Crippen LogP contribution is 2.45. The highest BCUT2D eigenvalue weighted by Gasteiger charge is 2.30. The Labute approximate surface area is 556 Å². The van der Waals surface area contributed by atoms with Crippen LogP contribution in [0.5, 0.6) is 0 Å². The van der Waals surface area contributed by atoms with Gasteiger partial charge in [0, 0.05) is 25.7 Å². The maximum atomic E-state index is 13.0. The van der Waals surface area contributed by atoms with Crippen LogP contribution in [0.2, 0.25) is 0 Å². The van der Waals surface area contributed by atoms with E-state index in [-0.39, 0.29) is 25.7 Å². The zero-order chi connectivity index (χ0) is 67.5. The van der Waals surface area contributed by atoms with E-state index in [1.165, 1.54) is 154 Å². The summed E-state index contributed by atoms with van der Waals surface area (Å²) in [5.41, 5.74) is 0. The Morgan fingerprint density at radius 1 is 0.275 bits per heavy atom.